The van der Waals surface area contributed by atoms with E-state index in [-0.39, 0.29) is 30.0 Å². The lowest BCUT2D eigenvalue weighted by Gasteiger charge is -2.39. The molecule has 118 valence electrons. The lowest BCUT2D eigenvalue weighted by molar-refractivity contribution is -0.128. The van der Waals surface area contributed by atoms with Crippen molar-refractivity contribution in [3.63, 3.8) is 0 Å². The summed E-state index contributed by atoms with van der Waals surface area (Å²) in [5, 5.41) is 12.8. The molecule has 2 atom stereocenters. The van der Waals surface area contributed by atoms with Crippen LogP contribution in [-0.4, -0.2) is 29.2 Å². The maximum atomic E-state index is 12.3. The van der Waals surface area contributed by atoms with Crippen LogP contribution in [0.3, 0.4) is 0 Å². The fourth-order valence-corrected chi connectivity index (χ4v) is 2.90. The molecule has 0 saturated heterocycles. The average molecular weight is 284 g/mol. The van der Waals surface area contributed by atoms with Gasteiger partial charge in [0.15, 0.2) is 0 Å². The summed E-state index contributed by atoms with van der Waals surface area (Å²) < 4.78 is 0. The highest BCUT2D eigenvalue weighted by molar-refractivity contribution is 5.79. The molecular formula is C16H32N2O2. The van der Waals surface area contributed by atoms with Crippen LogP contribution in [0.2, 0.25) is 0 Å². The summed E-state index contributed by atoms with van der Waals surface area (Å²) >= 11 is 0. The van der Waals surface area contributed by atoms with Gasteiger partial charge in [0.2, 0.25) is 5.91 Å². The molecule has 0 bridgehead atoms. The number of aliphatic hydroxyl groups is 1. The molecule has 0 aliphatic heterocycles. The minimum atomic E-state index is -0.376. The molecule has 2 unspecified atom stereocenters. The van der Waals surface area contributed by atoms with E-state index in [9.17, 15) is 9.90 Å². The van der Waals surface area contributed by atoms with Crippen LogP contribution in [0.25, 0.3) is 0 Å². The molecule has 1 rings (SSSR count). The van der Waals surface area contributed by atoms with E-state index in [0.717, 1.165) is 44.9 Å². The van der Waals surface area contributed by atoms with E-state index in [2.05, 4.69) is 12.2 Å². The van der Waals surface area contributed by atoms with Crippen molar-refractivity contribution in [3.8, 4) is 0 Å². The number of nitrogens with one attached hydrogen (secondary N) is 1. The maximum absolute atomic E-state index is 12.3. The number of hydrogen-bond acceptors (Lipinski definition) is 3. The van der Waals surface area contributed by atoms with Crippen LogP contribution in [0.5, 0.6) is 0 Å². The summed E-state index contributed by atoms with van der Waals surface area (Å²) in [5.74, 6) is 0.782. The molecular weight excluding hydrogens is 252 g/mol. The van der Waals surface area contributed by atoms with Crippen LogP contribution in [-0.2, 0) is 4.79 Å². The van der Waals surface area contributed by atoms with Gasteiger partial charge in [-0.1, -0.05) is 20.3 Å². The third-order valence-electron chi connectivity index (χ3n) is 4.67. The van der Waals surface area contributed by atoms with Crippen LogP contribution in [0.15, 0.2) is 0 Å². The monoisotopic (exact) mass is 284 g/mol. The molecule has 1 aliphatic carbocycles. The minimum absolute atomic E-state index is 0.00322. The van der Waals surface area contributed by atoms with Gasteiger partial charge in [-0.25, -0.2) is 0 Å². The summed E-state index contributed by atoms with van der Waals surface area (Å²) in [4.78, 5) is 12.3. The average Bonchev–Trinajstić information content (AvgIpc) is 2.41. The van der Waals surface area contributed by atoms with Crippen LogP contribution in [0.1, 0.15) is 65.7 Å². The standard InChI is InChI=1S/C16H32N2O2/c1-12-7-9-16(11-19,10-8-12)18-15(20)13(2)5-4-6-14(3)17/h12-14,19H,4-11,17H2,1-3H3,(H,18,20). The van der Waals surface area contributed by atoms with E-state index in [1.807, 2.05) is 13.8 Å². The first-order valence-corrected chi connectivity index (χ1v) is 8.07. The molecule has 1 fully saturated rings. The molecule has 1 saturated carbocycles. The van der Waals surface area contributed by atoms with Gasteiger partial charge >= 0.3 is 0 Å². The second-order valence-corrected chi connectivity index (χ2v) is 6.92. The molecule has 0 aromatic heterocycles. The summed E-state index contributed by atoms with van der Waals surface area (Å²) in [6, 6.07) is 0.203. The lowest BCUT2D eigenvalue weighted by Crippen LogP contribution is -2.54. The zero-order valence-corrected chi connectivity index (χ0v) is 13.3. The second-order valence-electron chi connectivity index (χ2n) is 6.92. The molecule has 1 aliphatic rings. The number of carbonyl (C=O) groups excluding carboxylic acids is 1. The normalized spacial score (nSPS) is 29.8. The van der Waals surface area contributed by atoms with Gasteiger partial charge in [-0.05, 0) is 51.4 Å². The first-order chi connectivity index (χ1) is 9.38. The van der Waals surface area contributed by atoms with Crippen LogP contribution >= 0.6 is 0 Å². The van der Waals surface area contributed by atoms with E-state index < -0.39 is 0 Å². The number of hydrogen-bond donors (Lipinski definition) is 3. The summed E-state index contributed by atoms with van der Waals surface area (Å²) in [6.45, 7) is 6.25. The van der Waals surface area contributed by atoms with Crippen molar-refractivity contribution in [3.05, 3.63) is 0 Å². The number of amides is 1. The van der Waals surface area contributed by atoms with Crippen molar-refractivity contribution in [1.82, 2.24) is 5.32 Å². The first kappa shape index (κ1) is 17.4. The summed E-state index contributed by atoms with van der Waals surface area (Å²) in [6.07, 6.45) is 6.76. The van der Waals surface area contributed by atoms with Crippen LogP contribution in [0, 0.1) is 11.8 Å². The van der Waals surface area contributed by atoms with Crippen molar-refractivity contribution < 1.29 is 9.90 Å². The molecule has 4 N–H and O–H groups in total. The zero-order valence-electron chi connectivity index (χ0n) is 13.3. The molecule has 4 nitrogen and oxygen atoms in total. The van der Waals surface area contributed by atoms with Gasteiger partial charge < -0.3 is 16.2 Å². The summed E-state index contributed by atoms with van der Waals surface area (Å²) in [5.41, 5.74) is 5.35. The van der Waals surface area contributed by atoms with E-state index >= 15 is 0 Å². The number of rotatable bonds is 7. The highest BCUT2D eigenvalue weighted by Crippen LogP contribution is 2.32. The molecule has 0 radical (unpaired) electrons. The fraction of sp³-hybridized carbons (Fsp3) is 0.938. The zero-order chi connectivity index (χ0) is 15.2. The van der Waals surface area contributed by atoms with Gasteiger partial charge in [-0.2, -0.15) is 0 Å². The maximum Gasteiger partial charge on any atom is 0.223 e. The Morgan fingerprint density at radius 2 is 1.95 bits per heavy atom. The van der Waals surface area contributed by atoms with Gasteiger partial charge in [0.05, 0.1) is 12.1 Å². The fourth-order valence-electron chi connectivity index (χ4n) is 2.90. The molecule has 0 spiro atoms. The quantitative estimate of drug-likeness (QED) is 0.671. The largest absolute Gasteiger partial charge is 0.394 e. The Kier molecular flexibility index (Phi) is 6.96. The van der Waals surface area contributed by atoms with Gasteiger partial charge in [-0.3, -0.25) is 4.79 Å². The van der Waals surface area contributed by atoms with Gasteiger partial charge in [0.25, 0.3) is 0 Å². The molecule has 0 heterocycles. The molecule has 20 heavy (non-hydrogen) atoms. The molecule has 0 aromatic rings. The topological polar surface area (TPSA) is 75.4 Å². The van der Waals surface area contributed by atoms with Gasteiger partial charge in [0.1, 0.15) is 0 Å². The third-order valence-corrected chi connectivity index (χ3v) is 4.67. The third kappa shape index (κ3) is 5.41. The van der Waals surface area contributed by atoms with Crippen molar-refractivity contribution in [1.29, 1.82) is 0 Å². The Labute approximate surface area is 123 Å². The van der Waals surface area contributed by atoms with E-state index in [1.165, 1.54) is 0 Å². The van der Waals surface area contributed by atoms with Crippen molar-refractivity contribution >= 4 is 5.91 Å². The second kappa shape index (κ2) is 7.99. The van der Waals surface area contributed by atoms with Crippen LogP contribution < -0.4 is 11.1 Å². The van der Waals surface area contributed by atoms with Crippen molar-refractivity contribution in [2.75, 3.05) is 6.61 Å². The van der Waals surface area contributed by atoms with E-state index in [0.29, 0.717) is 5.92 Å². The first-order valence-electron chi connectivity index (χ1n) is 8.07. The molecule has 4 heteroatoms. The Hall–Kier alpha value is -0.610. The molecule has 0 aromatic carbocycles. The van der Waals surface area contributed by atoms with Crippen molar-refractivity contribution in [2.24, 2.45) is 17.6 Å². The van der Waals surface area contributed by atoms with Gasteiger partial charge in [-0.15, -0.1) is 0 Å². The lowest BCUT2D eigenvalue weighted by atomic mass is 9.77. The SMILES string of the molecule is CC(N)CCCC(C)C(=O)NC1(CO)CCC(C)CC1. The van der Waals surface area contributed by atoms with E-state index in [1.54, 1.807) is 0 Å². The molecule has 1 amide bonds. The smallest absolute Gasteiger partial charge is 0.223 e. The number of nitrogens with two attached hydrogens (primary N) is 1. The Balaban J connectivity index is 2.42. The Morgan fingerprint density at radius 3 is 2.45 bits per heavy atom. The predicted molar refractivity (Wildman–Crippen MR) is 82.3 cm³/mol. The predicted octanol–water partition coefficient (Wildman–Crippen LogP) is 2.20. The number of carbonyl (C=O) groups is 1. The summed E-state index contributed by atoms with van der Waals surface area (Å²) in [7, 11) is 0. The number of aliphatic hydroxyl groups excluding tert-OH is 1. The van der Waals surface area contributed by atoms with Crippen molar-refractivity contribution in [2.45, 2.75) is 77.3 Å². The van der Waals surface area contributed by atoms with Gasteiger partial charge in [0, 0.05) is 12.0 Å². The van der Waals surface area contributed by atoms with E-state index in [4.69, 9.17) is 5.73 Å². The highest BCUT2D eigenvalue weighted by atomic mass is 16.3. The Bertz CT molecular complexity index is 297. The minimum Gasteiger partial charge on any atom is -0.394 e. The van der Waals surface area contributed by atoms with Crippen LogP contribution in [0.4, 0.5) is 0 Å². The Morgan fingerprint density at radius 1 is 1.35 bits per heavy atom. The highest BCUT2D eigenvalue weighted by Gasteiger charge is 2.35.